The second-order valence-corrected chi connectivity index (χ2v) is 3.06. The minimum absolute atomic E-state index is 0.716. The smallest absolute Gasteiger partial charge is 0.0915 e. The highest BCUT2D eigenvalue weighted by Gasteiger charge is 2.08. The maximum absolute atomic E-state index is 5.82. The molecule has 1 aliphatic heterocycles. The Morgan fingerprint density at radius 2 is 2.42 bits per heavy atom. The van der Waals surface area contributed by atoms with Gasteiger partial charge < -0.3 is 4.74 Å². The molecule has 0 fully saturated rings. The average Bonchev–Trinajstić information content (AvgIpc) is 2.56. The monoisotopic (exact) mass is 181 g/mol. The summed E-state index contributed by atoms with van der Waals surface area (Å²) in [5, 5.41) is 0.716. The normalized spacial score (nSPS) is 15.6. The van der Waals surface area contributed by atoms with Gasteiger partial charge in [-0.1, -0.05) is 11.6 Å². The molecule has 0 saturated heterocycles. The van der Waals surface area contributed by atoms with E-state index in [1.807, 2.05) is 6.07 Å². The van der Waals surface area contributed by atoms with E-state index in [9.17, 15) is 0 Å². The van der Waals surface area contributed by atoms with Crippen LogP contribution < -0.4 is 0 Å². The zero-order chi connectivity index (χ0) is 8.39. The zero-order valence-corrected chi connectivity index (χ0v) is 7.21. The minimum Gasteiger partial charge on any atom is -0.500 e. The van der Waals surface area contributed by atoms with Crippen molar-refractivity contribution in [1.29, 1.82) is 0 Å². The van der Waals surface area contributed by atoms with Crippen LogP contribution in [0.15, 0.2) is 24.6 Å². The van der Waals surface area contributed by atoms with E-state index in [0.29, 0.717) is 5.02 Å². The molecule has 2 rings (SSSR count). The first kappa shape index (κ1) is 7.62. The van der Waals surface area contributed by atoms with Crippen LogP contribution in [0.5, 0.6) is 0 Å². The van der Waals surface area contributed by atoms with E-state index in [1.54, 1.807) is 18.5 Å². The maximum atomic E-state index is 5.82. The molecule has 1 aliphatic rings. The van der Waals surface area contributed by atoms with Gasteiger partial charge in [-0.25, -0.2) is 0 Å². The van der Waals surface area contributed by atoms with Gasteiger partial charge in [-0.3, -0.25) is 4.98 Å². The van der Waals surface area contributed by atoms with Crippen LogP contribution >= 0.6 is 11.6 Å². The van der Waals surface area contributed by atoms with Gasteiger partial charge in [-0.15, -0.1) is 0 Å². The lowest BCUT2D eigenvalue weighted by molar-refractivity contribution is 0.281. The van der Waals surface area contributed by atoms with Crippen LogP contribution in [-0.4, -0.2) is 11.6 Å². The van der Waals surface area contributed by atoms with Crippen molar-refractivity contribution in [2.75, 3.05) is 6.61 Å². The van der Waals surface area contributed by atoms with E-state index < -0.39 is 0 Å². The van der Waals surface area contributed by atoms with Crippen LogP contribution in [0.25, 0.3) is 5.57 Å². The summed E-state index contributed by atoms with van der Waals surface area (Å²) in [6.45, 7) is 0.753. The third kappa shape index (κ3) is 1.43. The highest BCUT2D eigenvalue weighted by Crippen LogP contribution is 2.22. The zero-order valence-electron chi connectivity index (χ0n) is 6.46. The topological polar surface area (TPSA) is 22.1 Å². The largest absolute Gasteiger partial charge is 0.500 e. The summed E-state index contributed by atoms with van der Waals surface area (Å²) in [6.07, 6.45) is 4.38. The van der Waals surface area contributed by atoms with E-state index in [4.69, 9.17) is 16.3 Å². The summed E-state index contributed by atoms with van der Waals surface area (Å²) in [7, 11) is 0. The van der Waals surface area contributed by atoms with E-state index in [0.717, 1.165) is 24.3 Å². The lowest BCUT2D eigenvalue weighted by Crippen LogP contribution is -1.86. The molecule has 0 bridgehead atoms. The molecule has 12 heavy (non-hydrogen) atoms. The molecule has 0 amide bonds. The third-order valence-electron chi connectivity index (χ3n) is 1.77. The van der Waals surface area contributed by atoms with Crippen molar-refractivity contribution in [2.45, 2.75) is 6.42 Å². The molecule has 0 radical (unpaired) electrons. The Bertz CT molecular complexity index is 322. The van der Waals surface area contributed by atoms with Gasteiger partial charge in [0.2, 0.25) is 0 Å². The van der Waals surface area contributed by atoms with E-state index in [1.165, 1.54) is 0 Å². The molecule has 2 heterocycles. The predicted molar refractivity (Wildman–Crippen MR) is 47.8 cm³/mol. The number of hydrogen-bond acceptors (Lipinski definition) is 2. The fourth-order valence-corrected chi connectivity index (χ4v) is 1.32. The van der Waals surface area contributed by atoms with Gasteiger partial charge in [-0.05, 0) is 12.1 Å². The van der Waals surface area contributed by atoms with Gasteiger partial charge in [0.05, 0.1) is 18.6 Å². The average molecular weight is 182 g/mol. The van der Waals surface area contributed by atoms with Crippen LogP contribution in [0, 0.1) is 0 Å². The van der Waals surface area contributed by atoms with Gasteiger partial charge in [0.25, 0.3) is 0 Å². The molecule has 1 aromatic rings. The Morgan fingerprint density at radius 3 is 3.08 bits per heavy atom. The second-order valence-electron chi connectivity index (χ2n) is 2.62. The number of halogens is 1. The molecule has 0 aromatic carbocycles. The highest BCUT2D eigenvalue weighted by molar-refractivity contribution is 6.30. The molecular formula is C9H8ClNO. The molecule has 3 heteroatoms. The van der Waals surface area contributed by atoms with E-state index >= 15 is 0 Å². The summed E-state index contributed by atoms with van der Waals surface area (Å²) < 4.78 is 5.11. The molecule has 0 saturated carbocycles. The Balaban J connectivity index is 2.33. The van der Waals surface area contributed by atoms with Crippen LogP contribution in [0.1, 0.15) is 12.1 Å². The SMILES string of the molecule is Clc1ccnc(C2=COCC2)c1. The molecular weight excluding hydrogens is 174 g/mol. The highest BCUT2D eigenvalue weighted by atomic mass is 35.5. The van der Waals surface area contributed by atoms with Gasteiger partial charge in [-0.2, -0.15) is 0 Å². The molecule has 0 spiro atoms. The third-order valence-corrected chi connectivity index (χ3v) is 2.00. The summed E-state index contributed by atoms with van der Waals surface area (Å²) in [5.74, 6) is 0. The number of pyridine rings is 1. The summed E-state index contributed by atoms with van der Waals surface area (Å²) in [4.78, 5) is 4.19. The van der Waals surface area contributed by atoms with Gasteiger partial charge >= 0.3 is 0 Å². The molecule has 0 atom stereocenters. The molecule has 62 valence electrons. The van der Waals surface area contributed by atoms with Crippen LogP contribution in [0.3, 0.4) is 0 Å². The first-order chi connectivity index (χ1) is 5.86. The first-order valence-corrected chi connectivity index (χ1v) is 4.16. The molecule has 2 nitrogen and oxygen atoms in total. The van der Waals surface area contributed by atoms with Crippen molar-refractivity contribution >= 4 is 17.2 Å². The van der Waals surface area contributed by atoms with E-state index in [-0.39, 0.29) is 0 Å². The first-order valence-electron chi connectivity index (χ1n) is 3.79. The van der Waals surface area contributed by atoms with Crippen LogP contribution in [0.2, 0.25) is 5.02 Å². The standard InChI is InChI=1S/C9H8ClNO/c10-8-1-3-11-9(5-8)7-2-4-12-6-7/h1,3,5-6H,2,4H2. The second kappa shape index (κ2) is 3.15. The number of hydrogen-bond donors (Lipinski definition) is 0. The van der Waals surface area contributed by atoms with Crippen molar-refractivity contribution in [3.8, 4) is 0 Å². The number of nitrogens with zero attached hydrogens (tertiary/aromatic N) is 1. The lowest BCUT2D eigenvalue weighted by Gasteiger charge is -1.97. The van der Waals surface area contributed by atoms with Gasteiger partial charge in [0, 0.05) is 23.2 Å². The minimum atomic E-state index is 0.716. The Morgan fingerprint density at radius 1 is 1.50 bits per heavy atom. The van der Waals surface area contributed by atoms with Gasteiger partial charge in [0.1, 0.15) is 0 Å². The summed E-state index contributed by atoms with van der Waals surface area (Å²) >= 11 is 5.82. The van der Waals surface area contributed by atoms with Gasteiger partial charge in [0.15, 0.2) is 0 Å². The summed E-state index contributed by atoms with van der Waals surface area (Å²) in [6, 6.07) is 3.61. The van der Waals surface area contributed by atoms with E-state index in [2.05, 4.69) is 4.98 Å². The number of rotatable bonds is 1. The Hall–Kier alpha value is -1.02. The van der Waals surface area contributed by atoms with Crippen LogP contribution in [-0.2, 0) is 4.74 Å². The van der Waals surface area contributed by atoms with Crippen LogP contribution in [0.4, 0.5) is 0 Å². The quantitative estimate of drug-likeness (QED) is 0.664. The van der Waals surface area contributed by atoms with Crippen molar-refractivity contribution in [2.24, 2.45) is 0 Å². The van der Waals surface area contributed by atoms with Crippen molar-refractivity contribution in [1.82, 2.24) is 4.98 Å². The molecule has 1 aromatic heterocycles. The fraction of sp³-hybridized carbons (Fsp3) is 0.222. The molecule has 0 N–H and O–H groups in total. The lowest BCUT2D eigenvalue weighted by atomic mass is 10.1. The number of aromatic nitrogens is 1. The predicted octanol–water partition coefficient (Wildman–Crippen LogP) is 2.50. The van der Waals surface area contributed by atoms with Crippen molar-refractivity contribution in [3.05, 3.63) is 35.3 Å². The van der Waals surface area contributed by atoms with Crippen molar-refractivity contribution in [3.63, 3.8) is 0 Å². The fourth-order valence-electron chi connectivity index (χ4n) is 1.16. The van der Waals surface area contributed by atoms with Crippen molar-refractivity contribution < 1.29 is 4.74 Å². The molecule has 0 unspecified atom stereocenters. The Labute approximate surface area is 75.8 Å². The summed E-state index contributed by atoms with van der Waals surface area (Å²) in [5.41, 5.74) is 2.04. The Kier molecular flexibility index (Phi) is 2.00. The number of ether oxygens (including phenoxy) is 1. The molecule has 0 aliphatic carbocycles. The maximum Gasteiger partial charge on any atom is 0.0915 e.